The zero-order chi connectivity index (χ0) is 16.0. The highest BCUT2D eigenvalue weighted by atomic mass is 32.1. The Morgan fingerprint density at radius 1 is 1.23 bits per heavy atom. The standard InChI is InChI=1S/C15H17F3N2OS/c1-21-8-2-7-19-9-13-10-22-14(20-13)11-3-5-12(6-4-11)15(16,17)18/h3-6,10,19H,2,7-9H2,1H3. The molecule has 0 spiro atoms. The van der Waals surface area contributed by atoms with E-state index in [1.807, 2.05) is 5.38 Å². The van der Waals surface area contributed by atoms with E-state index in [1.54, 1.807) is 7.11 Å². The smallest absolute Gasteiger partial charge is 0.385 e. The molecule has 0 radical (unpaired) electrons. The van der Waals surface area contributed by atoms with Crippen LogP contribution in [0.3, 0.4) is 0 Å². The second-order valence-electron chi connectivity index (χ2n) is 4.74. The molecular weight excluding hydrogens is 313 g/mol. The largest absolute Gasteiger partial charge is 0.416 e. The summed E-state index contributed by atoms with van der Waals surface area (Å²) in [6.07, 6.45) is -3.38. The summed E-state index contributed by atoms with van der Waals surface area (Å²) >= 11 is 1.43. The minimum Gasteiger partial charge on any atom is -0.385 e. The van der Waals surface area contributed by atoms with Crippen LogP contribution in [-0.2, 0) is 17.5 Å². The first-order valence-electron chi connectivity index (χ1n) is 6.82. The van der Waals surface area contributed by atoms with Crippen molar-refractivity contribution in [3.8, 4) is 10.6 Å². The van der Waals surface area contributed by atoms with Crippen molar-refractivity contribution in [2.45, 2.75) is 19.1 Å². The molecule has 0 saturated carbocycles. The van der Waals surface area contributed by atoms with Crippen molar-refractivity contribution in [1.82, 2.24) is 10.3 Å². The summed E-state index contributed by atoms with van der Waals surface area (Å²) in [6, 6.07) is 5.08. The third kappa shape index (κ3) is 4.79. The van der Waals surface area contributed by atoms with Gasteiger partial charge in [-0.1, -0.05) is 12.1 Å². The first kappa shape index (κ1) is 16.9. The Labute approximate surface area is 131 Å². The molecule has 3 nitrogen and oxygen atoms in total. The van der Waals surface area contributed by atoms with Gasteiger partial charge >= 0.3 is 6.18 Å². The third-order valence-corrected chi connectivity index (χ3v) is 3.96. The lowest BCUT2D eigenvalue weighted by molar-refractivity contribution is -0.137. The first-order chi connectivity index (χ1) is 10.5. The fourth-order valence-electron chi connectivity index (χ4n) is 1.88. The molecule has 0 atom stereocenters. The van der Waals surface area contributed by atoms with Crippen molar-refractivity contribution in [1.29, 1.82) is 0 Å². The van der Waals surface area contributed by atoms with Crippen LogP contribution in [-0.4, -0.2) is 25.2 Å². The van der Waals surface area contributed by atoms with E-state index in [4.69, 9.17) is 4.74 Å². The summed E-state index contributed by atoms with van der Waals surface area (Å²) in [5.74, 6) is 0. The molecule has 1 aromatic heterocycles. The van der Waals surface area contributed by atoms with E-state index in [2.05, 4.69) is 10.3 Å². The summed E-state index contributed by atoms with van der Waals surface area (Å²) in [6.45, 7) is 2.18. The predicted molar refractivity (Wildman–Crippen MR) is 80.8 cm³/mol. The van der Waals surface area contributed by atoms with E-state index in [-0.39, 0.29) is 0 Å². The van der Waals surface area contributed by atoms with Gasteiger partial charge in [-0.25, -0.2) is 4.98 Å². The highest BCUT2D eigenvalue weighted by Gasteiger charge is 2.30. The van der Waals surface area contributed by atoms with Gasteiger partial charge < -0.3 is 10.1 Å². The SMILES string of the molecule is COCCCNCc1csc(-c2ccc(C(F)(F)F)cc2)n1. The number of benzene rings is 1. The minimum atomic E-state index is -4.31. The Balaban J connectivity index is 1.93. The molecule has 0 unspecified atom stereocenters. The minimum absolute atomic E-state index is 0.640. The van der Waals surface area contributed by atoms with Crippen LogP contribution in [0.25, 0.3) is 10.6 Å². The van der Waals surface area contributed by atoms with E-state index in [0.717, 1.165) is 35.8 Å². The van der Waals surface area contributed by atoms with Crippen LogP contribution in [0.15, 0.2) is 29.6 Å². The summed E-state index contributed by atoms with van der Waals surface area (Å²) in [5.41, 5.74) is 0.939. The normalized spacial score (nSPS) is 11.8. The van der Waals surface area contributed by atoms with Gasteiger partial charge in [0.2, 0.25) is 0 Å². The molecule has 0 aliphatic rings. The van der Waals surface area contributed by atoms with E-state index in [9.17, 15) is 13.2 Å². The van der Waals surface area contributed by atoms with Crippen molar-refractivity contribution in [2.75, 3.05) is 20.3 Å². The number of aromatic nitrogens is 1. The summed E-state index contributed by atoms with van der Waals surface area (Å²) < 4.78 is 42.5. The number of alkyl halides is 3. The lowest BCUT2D eigenvalue weighted by Gasteiger charge is -2.06. The summed E-state index contributed by atoms with van der Waals surface area (Å²) in [4.78, 5) is 4.43. The van der Waals surface area contributed by atoms with Gasteiger partial charge in [-0.15, -0.1) is 11.3 Å². The molecule has 2 aromatic rings. The van der Waals surface area contributed by atoms with Gasteiger partial charge in [0.25, 0.3) is 0 Å². The molecule has 120 valence electrons. The van der Waals surface area contributed by atoms with E-state index >= 15 is 0 Å². The topological polar surface area (TPSA) is 34.1 Å². The third-order valence-electron chi connectivity index (χ3n) is 3.02. The Morgan fingerprint density at radius 2 is 1.95 bits per heavy atom. The quantitative estimate of drug-likeness (QED) is 0.781. The highest BCUT2D eigenvalue weighted by Crippen LogP contribution is 2.31. The molecule has 0 amide bonds. The molecule has 0 saturated heterocycles. The number of hydrogen-bond acceptors (Lipinski definition) is 4. The van der Waals surface area contributed by atoms with E-state index in [1.165, 1.54) is 23.5 Å². The maximum atomic E-state index is 12.5. The number of nitrogens with zero attached hydrogens (tertiary/aromatic N) is 1. The number of methoxy groups -OCH3 is 1. The average molecular weight is 330 g/mol. The van der Waals surface area contributed by atoms with Crippen LogP contribution >= 0.6 is 11.3 Å². The van der Waals surface area contributed by atoms with Gasteiger partial charge in [-0.2, -0.15) is 13.2 Å². The van der Waals surface area contributed by atoms with Gasteiger partial charge in [0.1, 0.15) is 5.01 Å². The van der Waals surface area contributed by atoms with E-state index in [0.29, 0.717) is 18.7 Å². The van der Waals surface area contributed by atoms with Crippen LogP contribution < -0.4 is 5.32 Å². The molecule has 22 heavy (non-hydrogen) atoms. The predicted octanol–water partition coefficient (Wildman–Crippen LogP) is 3.96. The molecular formula is C15H17F3N2OS. The van der Waals surface area contributed by atoms with Crippen molar-refractivity contribution in [3.05, 3.63) is 40.9 Å². The lowest BCUT2D eigenvalue weighted by atomic mass is 10.1. The fraction of sp³-hybridized carbons (Fsp3) is 0.400. The summed E-state index contributed by atoms with van der Waals surface area (Å²) in [5, 5.41) is 5.88. The Morgan fingerprint density at radius 3 is 2.59 bits per heavy atom. The van der Waals surface area contributed by atoms with Crippen LogP contribution in [0.1, 0.15) is 17.7 Å². The Hall–Kier alpha value is -1.44. The zero-order valence-corrected chi connectivity index (χ0v) is 12.9. The van der Waals surface area contributed by atoms with Gasteiger partial charge in [0, 0.05) is 31.2 Å². The van der Waals surface area contributed by atoms with Crippen LogP contribution in [0, 0.1) is 0 Å². The van der Waals surface area contributed by atoms with E-state index < -0.39 is 11.7 Å². The van der Waals surface area contributed by atoms with Crippen molar-refractivity contribution < 1.29 is 17.9 Å². The number of halogens is 3. The van der Waals surface area contributed by atoms with Gasteiger partial charge in [-0.05, 0) is 25.1 Å². The van der Waals surface area contributed by atoms with Gasteiger partial charge in [-0.3, -0.25) is 0 Å². The van der Waals surface area contributed by atoms with Crippen molar-refractivity contribution in [3.63, 3.8) is 0 Å². The number of ether oxygens (including phenoxy) is 1. The van der Waals surface area contributed by atoms with Crippen molar-refractivity contribution in [2.24, 2.45) is 0 Å². The second-order valence-corrected chi connectivity index (χ2v) is 5.60. The second kappa shape index (κ2) is 7.71. The molecule has 0 bridgehead atoms. The zero-order valence-electron chi connectivity index (χ0n) is 12.1. The number of nitrogens with one attached hydrogen (secondary N) is 1. The summed E-state index contributed by atoms with van der Waals surface area (Å²) in [7, 11) is 1.66. The fourth-order valence-corrected chi connectivity index (χ4v) is 2.71. The first-order valence-corrected chi connectivity index (χ1v) is 7.70. The van der Waals surface area contributed by atoms with Crippen LogP contribution in [0.4, 0.5) is 13.2 Å². The molecule has 1 aromatic carbocycles. The monoisotopic (exact) mass is 330 g/mol. The van der Waals surface area contributed by atoms with Gasteiger partial charge in [0.15, 0.2) is 0 Å². The Bertz CT molecular complexity index is 581. The molecule has 0 fully saturated rings. The average Bonchev–Trinajstić information content (AvgIpc) is 2.95. The lowest BCUT2D eigenvalue weighted by Crippen LogP contribution is -2.16. The van der Waals surface area contributed by atoms with Crippen molar-refractivity contribution >= 4 is 11.3 Å². The van der Waals surface area contributed by atoms with Crippen LogP contribution in [0.2, 0.25) is 0 Å². The maximum absolute atomic E-state index is 12.5. The number of hydrogen-bond donors (Lipinski definition) is 1. The molecule has 0 aliphatic carbocycles. The molecule has 0 aliphatic heterocycles. The molecule has 2 rings (SSSR count). The van der Waals surface area contributed by atoms with Crippen LogP contribution in [0.5, 0.6) is 0 Å². The molecule has 1 N–H and O–H groups in total. The highest BCUT2D eigenvalue weighted by molar-refractivity contribution is 7.13. The molecule has 1 heterocycles. The maximum Gasteiger partial charge on any atom is 0.416 e. The number of thiazole rings is 1. The molecule has 7 heteroatoms. The Kier molecular flexibility index (Phi) is 5.93. The van der Waals surface area contributed by atoms with Gasteiger partial charge in [0.05, 0.1) is 11.3 Å². The number of rotatable bonds is 7.